The quantitative estimate of drug-likeness (QED) is 0.156. The van der Waals surface area contributed by atoms with Crippen LogP contribution < -0.4 is 54.7 Å². The van der Waals surface area contributed by atoms with E-state index in [0.717, 1.165) is 54.2 Å². The van der Waals surface area contributed by atoms with Gasteiger partial charge in [-0.1, -0.05) is 6.07 Å². The van der Waals surface area contributed by atoms with Gasteiger partial charge in [0, 0.05) is 83.4 Å². The Balaban J connectivity index is 0.863. The molecule has 0 atom stereocenters. The van der Waals surface area contributed by atoms with Crippen molar-refractivity contribution in [3.63, 3.8) is 0 Å². The second kappa shape index (κ2) is 17.4. The molecule has 6 aromatic rings. The first kappa shape index (κ1) is 41.2. The van der Waals surface area contributed by atoms with Gasteiger partial charge in [-0.3, -0.25) is 29.3 Å². The van der Waals surface area contributed by atoms with E-state index in [9.17, 15) is 14.4 Å². The van der Waals surface area contributed by atoms with Gasteiger partial charge in [-0.25, -0.2) is 0 Å². The zero-order valence-corrected chi connectivity index (χ0v) is 36.0. The molecular formula is C45H46N12O8. The smallest absolute Gasteiger partial charge is 0.305 e. The first-order valence-corrected chi connectivity index (χ1v) is 21.2. The van der Waals surface area contributed by atoms with Gasteiger partial charge in [-0.15, -0.1) is 0 Å². The van der Waals surface area contributed by atoms with E-state index in [1.165, 1.54) is 18.3 Å². The van der Waals surface area contributed by atoms with E-state index in [2.05, 4.69) is 40.7 Å². The highest BCUT2D eigenvalue weighted by Crippen LogP contribution is 2.39. The zero-order chi connectivity index (χ0) is 44.6. The van der Waals surface area contributed by atoms with Crippen molar-refractivity contribution in [1.82, 2.24) is 25.3 Å². The van der Waals surface area contributed by atoms with E-state index in [1.807, 2.05) is 40.1 Å². The predicted molar refractivity (Wildman–Crippen MR) is 240 cm³/mol. The lowest BCUT2D eigenvalue weighted by Crippen LogP contribution is -2.47. The summed E-state index contributed by atoms with van der Waals surface area (Å²) in [6.07, 6.45) is 7.84. The van der Waals surface area contributed by atoms with Gasteiger partial charge in [0.25, 0.3) is 17.7 Å². The highest BCUT2D eigenvalue weighted by atomic mass is 16.5. The van der Waals surface area contributed by atoms with E-state index in [1.54, 1.807) is 51.1 Å². The molecule has 334 valence electrons. The Hall–Kier alpha value is -7.87. The maximum absolute atomic E-state index is 14.4. The van der Waals surface area contributed by atoms with Gasteiger partial charge >= 0.3 is 12.0 Å². The number of ether oxygens (including phenoxy) is 3. The van der Waals surface area contributed by atoms with Gasteiger partial charge in [0.05, 0.1) is 63.0 Å². The largest absolute Gasteiger partial charge is 0.497 e. The van der Waals surface area contributed by atoms with Crippen molar-refractivity contribution in [3.05, 3.63) is 107 Å². The number of methoxy groups -OCH3 is 3. The summed E-state index contributed by atoms with van der Waals surface area (Å²) in [5.74, 6) is 0.920. The molecule has 4 aromatic heterocycles. The molecule has 0 unspecified atom stereocenters. The Morgan fingerprint density at radius 3 is 1.95 bits per heavy atom. The number of benzene rings is 2. The molecule has 3 N–H and O–H groups in total. The molecule has 65 heavy (non-hydrogen) atoms. The van der Waals surface area contributed by atoms with Crippen molar-refractivity contribution in [2.75, 3.05) is 109 Å². The van der Waals surface area contributed by atoms with Crippen LogP contribution >= 0.6 is 0 Å². The highest BCUT2D eigenvalue weighted by molar-refractivity contribution is 6.10. The second-order valence-electron chi connectivity index (χ2n) is 15.8. The number of fused-ring (bicyclic) bond motifs is 2. The third kappa shape index (κ3) is 7.92. The molecule has 3 amide bonds. The number of piperazine rings is 2. The number of hydrogen-bond donors (Lipinski definition) is 3. The lowest BCUT2D eigenvalue weighted by Gasteiger charge is -2.36. The Kier molecular flexibility index (Phi) is 11.0. The van der Waals surface area contributed by atoms with Gasteiger partial charge in [0.2, 0.25) is 5.88 Å². The van der Waals surface area contributed by atoms with E-state index >= 15 is 0 Å². The second-order valence-corrected chi connectivity index (χ2v) is 15.8. The summed E-state index contributed by atoms with van der Waals surface area (Å²) < 4.78 is 28.6. The van der Waals surface area contributed by atoms with Crippen molar-refractivity contribution in [2.45, 2.75) is 19.6 Å². The van der Waals surface area contributed by atoms with E-state index in [0.29, 0.717) is 85.4 Å². The average Bonchev–Trinajstić information content (AvgIpc) is 4.17. The van der Waals surface area contributed by atoms with Crippen molar-refractivity contribution >= 4 is 58.4 Å². The molecular weight excluding hydrogens is 837 g/mol. The number of amides is 3. The fourth-order valence-electron chi connectivity index (χ4n) is 8.66. The monoisotopic (exact) mass is 882 g/mol. The van der Waals surface area contributed by atoms with Crippen molar-refractivity contribution in [2.24, 2.45) is 0 Å². The van der Waals surface area contributed by atoms with Gasteiger partial charge in [-0.2, -0.15) is 9.97 Å². The van der Waals surface area contributed by atoms with Crippen LogP contribution in [0.5, 0.6) is 17.2 Å². The maximum Gasteiger partial charge on any atom is 0.305 e. The molecule has 0 saturated carbocycles. The van der Waals surface area contributed by atoms with Crippen LogP contribution in [0, 0.1) is 0 Å². The van der Waals surface area contributed by atoms with Crippen LogP contribution in [-0.4, -0.2) is 111 Å². The Bertz CT molecular complexity index is 2750. The first-order chi connectivity index (χ1) is 31.8. The van der Waals surface area contributed by atoms with Gasteiger partial charge in [0.15, 0.2) is 22.9 Å². The molecule has 0 radical (unpaired) electrons. The number of hydrogen-bond acceptors (Lipinski definition) is 17. The standard InChI is InChI=1S/C45H46N12O8/c1-61-30-5-4-27-25-57(42(60)31(27)20-30)45-51-34(26-64-45)40(58)49-32-21-47-9-7-36(32)54-14-16-55(17-15-54)43-39(41(59)50-33-22-48-8-6-35(33)53-12-10-46-11-13-53)52-44(65-43)56-23-28-18-37(62-2)38(63-3)19-29(28)24-56/h4-9,18-22,26,46H,10-17,23-25H2,1-3H3,(H,49,58)(H,50,59). The molecule has 4 aliphatic heterocycles. The fourth-order valence-corrected chi connectivity index (χ4v) is 8.66. The molecule has 2 fully saturated rings. The molecule has 2 saturated heterocycles. The molecule has 0 aliphatic carbocycles. The summed E-state index contributed by atoms with van der Waals surface area (Å²) in [4.78, 5) is 68.8. The topological polar surface area (TPSA) is 209 Å². The SMILES string of the molecule is COc1ccc2c(c1)C(=O)N(c1nc(C(=O)Nc3cnccc3N3CCN(c4oc(N5Cc6cc(OC)c(OC)cc6C5)nc4C(=O)Nc4cnccc4N4CCNCC4)CC3)co1)C2. The molecule has 20 nitrogen and oxygen atoms in total. The average molecular weight is 883 g/mol. The van der Waals surface area contributed by atoms with Crippen molar-refractivity contribution in [3.8, 4) is 17.2 Å². The summed E-state index contributed by atoms with van der Waals surface area (Å²) >= 11 is 0. The van der Waals surface area contributed by atoms with Crippen LogP contribution in [0.25, 0.3) is 0 Å². The summed E-state index contributed by atoms with van der Waals surface area (Å²) in [5.41, 5.74) is 6.18. The molecule has 2 aromatic carbocycles. The van der Waals surface area contributed by atoms with Gasteiger partial charge in [-0.05, 0) is 53.1 Å². The number of oxazole rings is 2. The van der Waals surface area contributed by atoms with Crippen LogP contribution in [-0.2, 0) is 19.6 Å². The van der Waals surface area contributed by atoms with Crippen molar-refractivity contribution in [1.29, 1.82) is 0 Å². The Labute approximate surface area is 373 Å². The number of carbonyl (C=O) groups excluding carboxylic acids is 3. The number of carbonyl (C=O) groups is 3. The zero-order valence-electron chi connectivity index (χ0n) is 36.0. The summed E-state index contributed by atoms with van der Waals surface area (Å²) in [6, 6.07) is 13.3. The van der Waals surface area contributed by atoms with Crippen LogP contribution in [0.2, 0.25) is 0 Å². The van der Waals surface area contributed by atoms with E-state index < -0.39 is 11.8 Å². The first-order valence-electron chi connectivity index (χ1n) is 21.2. The van der Waals surface area contributed by atoms with Crippen LogP contribution in [0.15, 0.2) is 82.3 Å². The Morgan fingerprint density at radius 1 is 0.677 bits per heavy atom. The molecule has 10 rings (SSSR count). The maximum atomic E-state index is 14.4. The van der Waals surface area contributed by atoms with E-state index in [4.69, 9.17) is 28.0 Å². The molecule has 0 bridgehead atoms. The normalized spacial score (nSPS) is 15.8. The molecule has 20 heteroatoms. The number of pyridine rings is 2. The van der Waals surface area contributed by atoms with Gasteiger partial charge in [0.1, 0.15) is 12.0 Å². The fraction of sp³-hybridized carbons (Fsp3) is 0.311. The van der Waals surface area contributed by atoms with E-state index in [-0.39, 0.29) is 29.9 Å². The number of aromatic nitrogens is 4. The molecule has 4 aliphatic rings. The number of nitrogens with one attached hydrogen (secondary N) is 3. The minimum absolute atomic E-state index is 0.00129. The molecule has 0 spiro atoms. The van der Waals surface area contributed by atoms with Gasteiger partial charge < -0.3 is 58.6 Å². The van der Waals surface area contributed by atoms with Crippen LogP contribution in [0.3, 0.4) is 0 Å². The summed E-state index contributed by atoms with van der Waals surface area (Å²) in [5, 5.41) is 9.41. The lowest BCUT2D eigenvalue weighted by atomic mass is 10.1. The highest BCUT2D eigenvalue weighted by Gasteiger charge is 2.35. The van der Waals surface area contributed by atoms with Crippen LogP contribution in [0.1, 0.15) is 48.0 Å². The molecule has 8 heterocycles. The number of nitrogens with zero attached hydrogens (tertiary/aromatic N) is 9. The number of rotatable bonds is 12. The lowest BCUT2D eigenvalue weighted by molar-refractivity contribution is 0.0987. The Morgan fingerprint density at radius 2 is 1.31 bits per heavy atom. The number of anilines is 7. The van der Waals surface area contributed by atoms with Crippen molar-refractivity contribution < 1.29 is 37.4 Å². The summed E-state index contributed by atoms with van der Waals surface area (Å²) in [6.45, 7) is 6.41. The van der Waals surface area contributed by atoms with Crippen LogP contribution in [0.4, 0.5) is 40.7 Å². The third-order valence-electron chi connectivity index (χ3n) is 12.0. The third-order valence-corrected chi connectivity index (χ3v) is 12.0. The summed E-state index contributed by atoms with van der Waals surface area (Å²) in [7, 11) is 4.75. The predicted octanol–water partition coefficient (Wildman–Crippen LogP) is 4.40. The minimum Gasteiger partial charge on any atom is -0.497 e. The minimum atomic E-state index is -0.529.